The van der Waals surface area contributed by atoms with E-state index in [0.717, 1.165) is 0 Å². The van der Waals surface area contributed by atoms with Crippen LogP contribution in [0.1, 0.15) is 13.3 Å². The summed E-state index contributed by atoms with van der Waals surface area (Å²) in [6, 6.07) is 0. The van der Waals surface area contributed by atoms with Crippen molar-refractivity contribution in [2.45, 2.75) is 19.5 Å². The Morgan fingerprint density at radius 1 is 1.53 bits per heavy atom. The van der Waals surface area contributed by atoms with E-state index in [4.69, 9.17) is 9.84 Å². The van der Waals surface area contributed by atoms with Crippen LogP contribution in [0.3, 0.4) is 0 Å². The molecule has 0 unspecified atom stereocenters. The lowest BCUT2D eigenvalue weighted by molar-refractivity contribution is -0.235. The number of likely N-dealkylation sites (tertiary alicyclic amines) is 1. The van der Waals surface area contributed by atoms with E-state index in [1.807, 2.05) is 0 Å². The summed E-state index contributed by atoms with van der Waals surface area (Å²) in [5, 5.41) is 8.57. The Bertz CT molecular complexity index is 282. The van der Waals surface area contributed by atoms with Crippen LogP contribution >= 0.6 is 0 Å². The van der Waals surface area contributed by atoms with Crippen molar-refractivity contribution in [1.82, 2.24) is 4.90 Å². The number of hydrogen-bond donors (Lipinski definition) is 1. The van der Waals surface area contributed by atoms with Crippen LogP contribution in [0.15, 0.2) is 0 Å². The smallest absolute Gasteiger partial charge is 0.397 e. The quantitative estimate of drug-likeness (QED) is 0.806. The number of nitrogens with zero attached hydrogens (tertiary/aromatic N) is 1. The van der Waals surface area contributed by atoms with Crippen LogP contribution in [-0.2, 0) is 9.53 Å². The molecule has 7 heteroatoms. The van der Waals surface area contributed by atoms with Crippen molar-refractivity contribution in [2.75, 3.05) is 32.8 Å². The van der Waals surface area contributed by atoms with E-state index < -0.39 is 24.2 Å². The number of carboxylic acids is 1. The van der Waals surface area contributed by atoms with Crippen molar-refractivity contribution in [2.24, 2.45) is 5.41 Å². The molecule has 1 N–H and O–H groups in total. The average molecular weight is 255 g/mol. The molecule has 1 rings (SSSR count). The van der Waals surface area contributed by atoms with Crippen molar-refractivity contribution < 1.29 is 27.8 Å². The molecule has 1 saturated heterocycles. The van der Waals surface area contributed by atoms with E-state index >= 15 is 0 Å². The van der Waals surface area contributed by atoms with Gasteiger partial charge in [0.1, 0.15) is 5.41 Å². The SMILES string of the molecule is CCOC[C@]1(C(F)(F)F)CCN(CC(=O)O)C1. The predicted octanol–water partition coefficient (Wildman–Crippen LogP) is 1.36. The number of halogens is 3. The maximum Gasteiger partial charge on any atom is 0.397 e. The first kappa shape index (κ1) is 14.2. The third kappa shape index (κ3) is 3.32. The first-order valence-electron chi connectivity index (χ1n) is 5.39. The molecule has 0 saturated carbocycles. The monoisotopic (exact) mass is 255 g/mol. The highest BCUT2D eigenvalue weighted by Gasteiger charge is 2.58. The summed E-state index contributed by atoms with van der Waals surface area (Å²) in [5.41, 5.74) is -1.92. The second-order valence-electron chi connectivity index (χ2n) is 4.27. The van der Waals surface area contributed by atoms with Gasteiger partial charge in [-0.3, -0.25) is 9.69 Å². The molecular formula is C10H16F3NO3. The van der Waals surface area contributed by atoms with Gasteiger partial charge in [0.15, 0.2) is 0 Å². The van der Waals surface area contributed by atoms with Gasteiger partial charge in [-0.25, -0.2) is 0 Å². The zero-order chi connectivity index (χ0) is 13.1. The fraction of sp³-hybridized carbons (Fsp3) is 0.900. The van der Waals surface area contributed by atoms with Gasteiger partial charge in [0.05, 0.1) is 13.2 Å². The summed E-state index contributed by atoms with van der Waals surface area (Å²) in [7, 11) is 0. The highest BCUT2D eigenvalue weighted by Crippen LogP contribution is 2.45. The Hall–Kier alpha value is -0.820. The fourth-order valence-corrected chi connectivity index (χ4v) is 2.01. The molecule has 1 aliphatic rings. The van der Waals surface area contributed by atoms with E-state index in [0.29, 0.717) is 0 Å². The summed E-state index contributed by atoms with van der Waals surface area (Å²) < 4.78 is 43.9. The molecule has 1 fully saturated rings. The molecule has 4 nitrogen and oxygen atoms in total. The van der Waals surface area contributed by atoms with E-state index in [9.17, 15) is 18.0 Å². The number of carboxylic acid groups (broad SMARTS) is 1. The molecule has 0 aromatic rings. The Kier molecular flexibility index (Phi) is 4.37. The highest BCUT2D eigenvalue weighted by atomic mass is 19.4. The Morgan fingerprint density at radius 2 is 2.18 bits per heavy atom. The van der Waals surface area contributed by atoms with Crippen LogP contribution in [0.5, 0.6) is 0 Å². The molecule has 0 amide bonds. The Morgan fingerprint density at radius 3 is 2.65 bits per heavy atom. The molecule has 100 valence electrons. The van der Waals surface area contributed by atoms with Gasteiger partial charge in [-0.05, 0) is 19.9 Å². The number of rotatable bonds is 5. The average Bonchev–Trinajstić information content (AvgIpc) is 2.58. The largest absolute Gasteiger partial charge is 0.480 e. The van der Waals surface area contributed by atoms with E-state index in [1.165, 1.54) is 4.90 Å². The van der Waals surface area contributed by atoms with Crippen LogP contribution in [0, 0.1) is 5.41 Å². The minimum atomic E-state index is -4.37. The summed E-state index contributed by atoms with van der Waals surface area (Å²) in [5.74, 6) is -1.11. The van der Waals surface area contributed by atoms with Crippen LogP contribution in [-0.4, -0.2) is 55.0 Å². The lowest BCUT2D eigenvalue weighted by Gasteiger charge is -2.31. The second-order valence-corrected chi connectivity index (χ2v) is 4.27. The molecule has 0 bridgehead atoms. The molecule has 1 heterocycles. The first-order valence-corrected chi connectivity index (χ1v) is 5.39. The molecule has 0 radical (unpaired) electrons. The van der Waals surface area contributed by atoms with Gasteiger partial charge in [-0.15, -0.1) is 0 Å². The predicted molar refractivity (Wildman–Crippen MR) is 53.7 cm³/mol. The summed E-state index contributed by atoms with van der Waals surface area (Å²) in [4.78, 5) is 11.8. The zero-order valence-corrected chi connectivity index (χ0v) is 9.59. The molecule has 0 aliphatic carbocycles. The van der Waals surface area contributed by atoms with E-state index in [2.05, 4.69) is 0 Å². The number of ether oxygens (including phenoxy) is 1. The van der Waals surface area contributed by atoms with Crippen molar-refractivity contribution in [3.8, 4) is 0 Å². The lowest BCUT2D eigenvalue weighted by Crippen LogP contribution is -2.45. The fourth-order valence-electron chi connectivity index (χ4n) is 2.01. The van der Waals surface area contributed by atoms with Gasteiger partial charge in [0, 0.05) is 13.2 Å². The molecule has 1 atom stereocenters. The van der Waals surface area contributed by atoms with Crippen molar-refractivity contribution >= 4 is 5.97 Å². The van der Waals surface area contributed by atoms with E-state index in [1.54, 1.807) is 6.92 Å². The molecule has 1 aliphatic heterocycles. The van der Waals surface area contributed by atoms with Crippen molar-refractivity contribution in [3.63, 3.8) is 0 Å². The lowest BCUT2D eigenvalue weighted by atomic mass is 9.87. The third-order valence-corrected chi connectivity index (χ3v) is 2.98. The first-order chi connectivity index (χ1) is 7.81. The molecule has 0 aromatic heterocycles. The Balaban J connectivity index is 2.71. The van der Waals surface area contributed by atoms with Gasteiger partial charge in [0.2, 0.25) is 0 Å². The summed E-state index contributed by atoms with van der Waals surface area (Å²) in [6.07, 6.45) is -4.47. The minimum absolute atomic E-state index is 0.107. The standard InChI is InChI=1S/C10H16F3NO3/c1-2-17-7-9(10(11,12)13)3-4-14(6-9)5-8(15)16/h2-7H2,1H3,(H,15,16)/t9-/m0/s1. The maximum atomic E-state index is 13.0. The normalized spacial score (nSPS) is 26.4. The third-order valence-electron chi connectivity index (χ3n) is 2.98. The zero-order valence-electron chi connectivity index (χ0n) is 9.59. The van der Waals surface area contributed by atoms with Crippen molar-refractivity contribution in [3.05, 3.63) is 0 Å². The minimum Gasteiger partial charge on any atom is -0.480 e. The van der Waals surface area contributed by atoms with Gasteiger partial charge in [-0.1, -0.05) is 0 Å². The van der Waals surface area contributed by atoms with Gasteiger partial charge >= 0.3 is 12.1 Å². The second kappa shape index (κ2) is 5.22. The van der Waals surface area contributed by atoms with Crippen LogP contribution in [0.4, 0.5) is 13.2 Å². The van der Waals surface area contributed by atoms with E-state index in [-0.39, 0.29) is 32.7 Å². The van der Waals surface area contributed by atoms with Crippen LogP contribution in [0.25, 0.3) is 0 Å². The van der Waals surface area contributed by atoms with Gasteiger partial charge < -0.3 is 9.84 Å². The maximum absolute atomic E-state index is 13.0. The number of alkyl halides is 3. The molecule has 0 spiro atoms. The number of aliphatic carboxylic acids is 1. The van der Waals surface area contributed by atoms with Gasteiger partial charge in [-0.2, -0.15) is 13.2 Å². The van der Waals surface area contributed by atoms with Crippen LogP contribution in [0.2, 0.25) is 0 Å². The number of carbonyl (C=O) groups is 1. The van der Waals surface area contributed by atoms with Gasteiger partial charge in [0.25, 0.3) is 0 Å². The van der Waals surface area contributed by atoms with Crippen molar-refractivity contribution in [1.29, 1.82) is 0 Å². The highest BCUT2D eigenvalue weighted by molar-refractivity contribution is 5.69. The summed E-state index contributed by atoms with van der Waals surface area (Å²) >= 11 is 0. The Labute approximate surface area is 97.3 Å². The summed E-state index contributed by atoms with van der Waals surface area (Å²) in [6.45, 7) is 0.930. The molecule has 0 aromatic carbocycles. The molecular weight excluding hydrogens is 239 g/mol. The number of hydrogen-bond acceptors (Lipinski definition) is 3. The van der Waals surface area contributed by atoms with Crippen LogP contribution < -0.4 is 0 Å². The topological polar surface area (TPSA) is 49.8 Å². The molecule has 17 heavy (non-hydrogen) atoms.